The molecular weight excluding hydrogens is 468 g/mol. The van der Waals surface area contributed by atoms with Crippen LogP contribution in [0, 0.1) is 29.4 Å². The number of hydrogen-bond acceptors (Lipinski definition) is 5. The predicted octanol–water partition coefficient (Wildman–Crippen LogP) is 3.86. The van der Waals surface area contributed by atoms with E-state index < -0.39 is 47.4 Å². The quantitative estimate of drug-likeness (QED) is 0.334. The second-order valence-corrected chi connectivity index (χ2v) is 10.1. The molecule has 1 saturated heterocycles. The number of ether oxygens (including phenoxy) is 1. The Morgan fingerprint density at radius 1 is 1.03 bits per heavy atom. The molecule has 6 nitrogen and oxygen atoms in total. The van der Waals surface area contributed by atoms with Crippen LogP contribution in [0.5, 0.6) is 0 Å². The van der Waals surface area contributed by atoms with Crippen molar-refractivity contribution < 1.29 is 36.7 Å². The maximum absolute atomic E-state index is 13.5. The third-order valence-corrected chi connectivity index (χ3v) is 7.78. The van der Waals surface area contributed by atoms with Crippen LogP contribution in [0.3, 0.4) is 0 Å². The minimum atomic E-state index is -3.06. The predicted molar refractivity (Wildman–Crippen MR) is 117 cm³/mol. The first-order valence-electron chi connectivity index (χ1n) is 12.1. The van der Waals surface area contributed by atoms with Gasteiger partial charge in [-0.3, -0.25) is 14.4 Å². The Balaban J connectivity index is 1.21. The van der Waals surface area contributed by atoms with E-state index in [4.69, 9.17) is 10.5 Å². The number of benzene rings is 1. The lowest BCUT2D eigenvalue weighted by Gasteiger charge is -2.38. The molecule has 192 valence electrons. The van der Waals surface area contributed by atoms with E-state index >= 15 is 0 Å². The van der Waals surface area contributed by atoms with E-state index in [0.717, 1.165) is 25.1 Å². The summed E-state index contributed by atoms with van der Waals surface area (Å²) in [5, 5.41) is 0. The lowest BCUT2D eigenvalue weighted by atomic mass is 9.77. The topological polar surface area (TPSA) is 89.7 Å². The van der Waals surface area contributed by atoms with Crippen molar-refractivity contribution >= 4 is 17.7 Å². The minimum absolute atomic E-state index is 0.169. The van der Waals surface area contributed by atoms with Crippen LogP contribution < -0.4 is 5.73 Å². The number of likely N-dealkylation sites (tertiary alicyclic amines) is 1. The molecule has 1 amide bonds. The molecule has 0 bridgehead atoms. The van der Waals surface area contributed by atoms with Crippen molar-refractivity contribution in [2.45, 2.75) is 62.9 Å². The van der Waals surface area contributed by atoms with Crippen molar-refractivity contribution in [1.29, 1.82) is 0 Å². The number of alkyl halides is 2. The number of carbonyl (C=O) groups is 3. The molecule has 1 atom stereocenters. The zero-order valence-electron chi connectivity index (χ0n) is 19.4. The third-order valence-electron chi connectivity index (χ3n) is 7.78. The van der Waals surface area contributed by atoms with Gasteiger partial charge in [0.1, 0.15) is 5.92 Å². The van der Waals surface area contributed by atoms with E-state index in [1.54, 1.807) is 0 Å². The number of amides is 1. The van der Waals surface area contributed by atoms with Crippen LogP contribution in [0.15, 0.2) is 18.2 Å². The molecular formula is C25H30F4N2O4. The zero-order valence-corrected chi connectivity index (χ0v) is 19.4. The lowest BCUT2D eigenvalue weighted by Crippen LogP contribution is -2.50. The third kappa shape index (κ3) is 5.68. The molecule has 0 radical (unpaired) electrons. The van der Waals surface area contributed by atoms with Crippen molar-refractivity contribution in [3.63, 3.8) is 0 Å². The van der Waals surface area contributed by atoms with Gasteiger partial charge in [-0.2, -0.15) is 0 Å². The molecule has 0 spiro atoms. The summed E-state index contributed by atoms with van der Waals surface area (Å²) >= 11 is 0. The van der Waals surface area contributed by atoms with Gasteiger partial charge in [-0.25, -0.2) is 17.6 Å². The van der Waals surface area contributed by atoms with Gasteiger partial charge in [0.25, 0.3) is 11.8 Å². The molecule has 1 aliphatic heterocycles. The van der Waals surface area contributed by atoms with Gasteiger partial charge in [-0.1, -0.05) is 0 Å². The van der Waals surface area contributed by atoms with Gasteiger partial charge >= 0.3 is 5.97 Å². The summed E-state index contributed by atoms with van der Waals surface area (Å²) in [5.41, 5.74) is 4.17. The van der Waals surface area contributed by atoms with Crippen molar-refractivity contribution in [1.82, 2.24) is 4.90 Å². The number of Topliss-reactive ketones (excluding diaryl/α,β-unsaturated/α-hetero) is 1. The second-order valence-electron chi connectivity index (χ2n) is 10.1. The first kappa shape index (κ1) is 25.6. The first-order chi connectivity index (χ1) is 16.5. The van der Waals surface area contributed by atoms with Crippen LogP contribution in [0.25, 0.3) is 0 Å². The van der Waals surface area contributed by atoms with E-state index in [-0.39, 0.29) is 36.0 Å². The van der Waals surface area contributed by atoms with E-state index in [9.17, 15) is 31.9 Å². The maximum atomic E-state index is 13.5. The Hall–Kier alpha value is -2.49. The minimum Gasteiger partial charge on any atom is -0.449 e. The molecule has 4 rings (SSSR count). The fourth-order valence-corrected chi connectivity index (χ4v) is 5.23. The number of esters is 1. The largest absolute Gasteiger partial charge is 0.449 e. The van der Waals surface area contributed by atoms with Crippen molar-refractivity contribution in [3.8, 4) is 0 Å². The van der Waals surface area contributed by atoms with Gasteiger partial charge in [0, 0.05) is 17.9 Å². The summed E-state index contributed by atoms with van der Waals surface area (Å²) in [6.45, 7) is 2.23. The molecule has 3 aliphatic rings. The summed E-state index contributed by atoms with van der Waals surface area (Å²) in [7, 11) is 0. The summed E-state index contributed by atoms with van der Waals surface area (Å²) in [6.07, 6.45) is 3.22. The Kier molecular flexibility index (Phi) is 7.22. The summed E-state index contributed by atoms with van der Waals surface area (Å²) in [4.78, 5) is 38.9. The number of piperidine rings is 1. The smallest absolute Gasteiger partial charge is 0.316 e. The standard InChI is InChI=1S/C25H30F4N2O4/c26-19-2-1-17(13-20(19)27)21(32)16-6-11-31(12-7-16)10-5-15-3-8-24(9-4-15,23(30)34)35-22(33)18-14-25(18,28)29/h1-2,13,15-16,18H,3-12,14H2,(H2,30,34). The van der Waals surface area contributed by atoms with Crippen LogP contribution in [0.1, 0.15) is 61.7 Å². The van der Waals surface area contributed by atoms with Crippen LogP contribution in [0.2, 0.25) is 0 Å². The molecule has 2 aliphatic carbocycles. The van der Waals surface area contributed by atoms with Crippen molar-refractivity contribution in [3.05, 3.63) is 35.4 Å². The fourth-order valence-electron chi connectivity index (χ4n) is 5.23. The Morgan fingerprint density at radius 2 is 1.66 bits per heavy atom. The Labute approximate surface area is 201 Å². The van der Waals surface area contributed by atoms with E-state index in [1.165, 1.54) is 6.07 Å². The Morgan fingerprint density at radius 3 is 2.20 bits per heavy atom. The molecule has 1 aromatic carbocycles. The van der Waals surface area contributed by atoms with Gasteiger partial charge in [-0.05, 0) is 88.7 Å². The lowest BCUT2D eigenvalue weighted by molar-refractivity contribution is -0.175. The molecule has 2 N–H and O–H groups in total. The van der Waals surface area contributed by atoms with Crippen LogP contribution in [0.4, 0.5) is 17.6 Å². The molecule has 2 saturated carbocycles. The monoisotopic (exact) mass is 498 g/mol. The molecule has 1 aromatic rings. The molecule has 1 unspecified atom stereocenters. The number of ketones is 1. The van der Waals surface area contributed by atoms with Gasteiger partial charge in [0.05, 0.1) is 0 Å². The number of hydrogen-bond donors (Lipinski definition) is 1. The highest BCUT2D eigenvalue weighted by Crippen LogP contribution is 2.50. The summed E-state index contributed by atoms with van der Waals surface area (Å²) in [6, 6.07) is 3.24. The van der Waals surface area contributed by atoms with Crippen LogP contribution in [-0.4, -0.2) is 53.7 Å². The number of rotatable bonds is 8. The normalized spacial score (nSPS) is 28.9. The van der Waals surface area contributed by atoms with Gasteiger partial charge in [0.15, 0.2) is 23.0 Å². The SMILES string of the molecule is NC(=O)C1(OC(=O)C2CC2(F)F)CCC(CCN2CCC(C(=O)c3ccc(F)c(F)c3)CC2)CC1. The van der Waals surface area contributed by atoms with Gasteiger partial charge < -0.3 is 15.4 Å². The zero-order chi connectivity index (χ0) is 25.4. The number of primary amides is 1. The van der Waals surface area contributed by atoms with Gasteiger partial charge in [-0.15, -0.1) is 0 Å². The summed E-state index contributed by atoms with van der Waals surface area (Å²) in [5.74, 6) is -8.49. The average molecular weight is 499 g/mol. The Bertz CT molecular complexity index is 986. The highest BCUT2D eigenvalue weighted by atomic mass is 19.3. The highest BCUT2D eigenvalue weighted by Gasteiger charge is 2.63. The average Bonchev–Trinajstić information content (AvgIpc) is 3.48. The molecule has 3 fully saturated rings. The van der Waals surface area contributed by atoms with E-state index in [2.05, 4.69) is 4.90 Å². The number of nitrogens with zero attached hydrogens (tertiary/aromatic N) is 1. The second kappa shape index (κ2) is 9.87. The molecule has 35 heavy (non-hydrogen) atoms. The fraction of sp³-hybridized carbons (Fsp3) is 0.640. The molecule has 0 aromatic heterocycles. The summed E-state index contributed by atoms with van der Waals surface area (Å²) < 4.78 is 58.2. The van der Waals surface area contributed by atoms with Crippen LogP contribution >= 0.6 is 0 Å². The van der Waals surface area contributed by atoms with Gasteiger partial charge in [0.2, 0.25) is 0 Å². The number of carbonyl (C=O) groups excluding carboxylic acids is 3. The molecule has 10 heteroatoms. The highest BCUT2D eigenvalue weighted by molar-refractivity contribution is 5.97. The maximum Gasteiger partial charge on any atom is 0.316 e. The van der Waals surface area contributed by atoms with E-state index in [0.29, 0.717) is 38.8 Å². The van der Waals surface area contributed by atoms with E-state index in [1.807, 2.05) is 0 Å². The number of nitrogens with two attached hydrogens (primary N) is 1. The van der Waals surface area contributed by atoms with Crippen LogP contribution in [-0.2, 0) is 14.3 Å². The molecule has 1 heterocycles. The number of halogens is 4. The van der Waals surface area contributed by atoms with Crippen molar-refractivity contribution in [2.75, 3.05) is 19.6 Å². The van der Waals surface area contributed by atoms with Crippen molar-refractivity contribution in [2.24, 2.45) is 23.5 Å². The first-order valence-corrected chi connectivity index (χ1v) is 12.1.